The average molecular weight is 417 g/mol. The number of sulfonamides is 1. The summed E-state index contributed by atoms with van der Waals surface area (Å²) in [4.78, 5) is 1.27. The molecule has 9 heteroatoms. The van der Waals surface area contributed by atoms with E-state index in [4.69, 9.17) is 0 Å². The van der Waals surface area contributed by atoms with E-state index in [-0.39, 0.29) is 18.0 Å². The number of nitrogens with zero attached hydrogens (tertiary/aromatic N) is 1. The van der Waals surface area contributed by atoms with Crippen molar-refractivity contribution in [3.05, 3.63) is 74.6 Å². The van der Waals surface area contributed by atoms with Crippen molar-refractivity contribution in [2.45, 2.75) is 24.2 Å². The number of halogens is 3. The topological polar surface area (TPSA) is 37.4 Å². The van der Waals surface area contributed by atoms with Gasteiger partial charge < -0.3 is 0 Å². The summed E-state index contributed by atoms with van der Waals surface area (Å²) in [5.74, 6) is 0. The second-order valence-corrected chi connectivity index (χ2v) is 9.46. The Morgan fingerprint density at radius 3 is 1.92 bits per heavy atom. The van der Waals surface area contributed by atoms with Crippen LogP contribution >= 0.6 is 22.7 Å². The number of rotatable bonds is 6. The molecule has 2 aromatic heterocycles. The average Bonchev–Trinajstić information content (AvgIpc) is 3.27. The van der Waals surface area contributed by atoms with Crippen molar-refractivity contribution in [2.75, 3.05) is 0 Å². The second-order valence-electron chi connectivity index (χ2n) is 5.46. The lowest BCUT2D eigenvalue weighted by molar-refractivity contribution is -0.137. The number of alkyl halides is 3. The fourth-order valence-corrected chi connectivity index (χ4v) is 5.41. The van der Waals surface area contributed by atoms with Gasteiger partial charge in [-0.25, -0.2) is 8.42 Å². The molecule has 1 aromatic carbocycles. The zero-order valence-corrected chi connectivity index (χ0v) is 15.8. The van der Waals surface area contributed by atoms with E-state index >= 15 is 0 Å². The lowest BCUT2D eigenvalue weighted by Crippen LogP contribution is -2.30. The monoisotopic (exact) mass is 417 g/mol. The minimum Gasteiger partial charge on any atom is -0.207 e. The Bertz CT molecular complexity index is 913. The Morgan fingerprint density at radius 2 is 1.46 bits per heavy atom. The molecule has 0 bridgehead atoms. The van der Waals surface area contributed by atoms with Crippen molar-refractivity contribution < 1.29 is 21.6 Å². The maximum atomic E-state index is 13.0. The molecule has 138 valence electrons. The molecule has 0 amide bonds. The molecule has 0 fully saturated rings. The van der Waals surface area contributed by atoms with Crippen LogP contribution < -0.4 is 0 Å². The zero-order valence-electron chi connectivity index (χ0n) is 13.3. The third kappa shape index (κ3) is 4.35. The van der Waals surface area contributed by atoms with E-state index in [2.05, 4.69) is 0 Å². The Kier molecular flexibility index (Phi) is 5.52. The third-order valence-corrected chi connectivity index (χ3v) is 7.13. The van der Waals surface area contributed by atoms with Crippen molar-refractivity contribution in [1.29, 1.82) is 0 Å². The molecule has 3 rings (SSSR count). The first-order chi connectivity index (χ1) is 12.3. The Labute approximate surface area is 157 Å². The molecule has 0 saturated heterocycles. The van der Waals surface area contributed by atoms with Gasteiger partial charge in [-0.3, -0.25) is 0 Å². The molecule has 0 aliphatic rings. The zero-order chi connectivity index (χ0) is 18.8. The van der Waals surface area contributed by atoms with Crippen LogP contribution in [0, 0.1) is 0 Å². The van der Waals surface area contributed by atoms with Gasteiger partial charge in [0, 0.05) is 22.8 Å². The third-order valence-electron chi connectivity index (χ3n) is 3.62. The van der Waals surface area contributed by atoms with Crippen LogP contribution in [-0.2, 0) is 29.3 Å². The predicted octanol–water partition coefficient (Wildman–Crippen LogP) is 5.22. The van der Waals surface area contributed by atoms with E-state index in [0.29, 0.717) is 6.07 Å². The fourth-order valence-electron chi connectivity index (χ4n) is 2.36. The van der Waals surface area contributed by atoms with Crippen LogP contribution in [0.1, 0.15) is 15.3 Å². The lowest BCUT2D eigenvalue weighted by atomic mass is 10.2. The molecule has 3 aromatic rings. The summed E-state index contributed by atoms with van der Waals surface area (Å²) >= 11 is 2.80. The Hall–Kier alpha value is -1.68. The van der Waals surface area contributed by atoms with E-state index < -0.39 is 21.8 Å². The minimum absolute atomic E-state index is 0.105. The van der Waals surface area contributed by atoms with E-state index in [1.165, 1.54) is 33.0 Å². The number of hydrogen-bond donors (Lipinski definition) is 0. The highest BCUT2D eigenvalue weighted by molar-refractivity contribution is 7.89. The highest BCUT2D eigenvalue weighted by Gasteiger charge is 2.33. The van der Waals surface area contributed by atoms with Gasteiger partial charge in [0.2, 0.25) is 10.0 Å². The summed E-state index contributed by atoms with van der Waals surface area (Å²) in [5.41, 5.74) is -0.981. The first kappa shape index (κ1) is 19.1. The van der Waals surface area contributed by atoms with Crippen LogP contribution in [0.25, 0.3) is 0 Å². The molecule has 0 N–H and O–H groups in total. The van der Waals surface area contributed by atoms with Gasteiger partial charge in [0.15, 0.2) is 0 Å². The van der Waals surface area contributed by atoms with Crippen LogP contribution in [0.2, 0.25) is 0 Å². The predicted molar refractivity (Wildman–Crippen MR) is 96.5 cm³/mol. The molecule has 2 heterocycles. The van der Waals surface area contributed by atoms with Crippen molar-refractivity contribution in [3.8, 4) is 0 Å². The fraction of sp³-hybridized carbons (Fsp3) is 0.176. The van der Waals surface area contributed by atoms with Crippen LogP contribution in [0.15, 0.2) is 64.2 Å². The highest BCUT2D eigenvalue weighted by atomic mass is 32.2. The van der Waals surface area contributed by atoms with Gasteiger partial charge >= 0.3 is 6.18 Å². The molecule has 26 heavy (non-hydrogen) atoms. The molecular weight excluding hydrogens is 403 g/mol. The first-order valence-electron chi connectivity index (χ1n) is 7.49. The molecule has 0 saturated carbocycles. The van der Waals surface area contributed by atoms with Gasteiger partial charge in [-0.15, -0.1) is 22.7 Å². The van der Waals surface area contributed by atoms with Gasteiger partial charge in [0.05, 0.1) is 10.5 Å². The molecule has 0 unspecified atom stereocenters. The standard InChI is InChI=1S/C17H14F3NO2S3/c18-17(19,20)13-4-1-7-16(10-13)26(22,23)21(11-14-5-2-8-24-14)12-15-6-3-9-25-15/h1-10H,11-12H2. The quantitative estimate of drug-likeness (QED) is 0.551. The van der Waals surface area contributed by atoms with Crippen molar-refractivity contribution >= 4 is 32.7 Å². The summed E-state index contributed by atoms with van der Waals surface area (Å²) < 4.78 is 66.2. The van der Waals surface area contributed by atoms with Crippen LogP contribution in [-0.4, -0.2) is 12.7 Å². The molecule has 0 aliphatic heterocycles. The van der Waals surface area contributed by atoms with Gasteiger partial charge in [0.25, 0.3) is 0 Å². The van der Waals surface area contributed by atoms with Gasteiger partial charge in [-0.05, 0) is 41.1 Å². The van der Waals surface area contributed by atoms with E-state index in [1.807, 2.05) is 10.8 Å². The van der Waals surface area contributed by atoms with Crippen molar-refractivity contribution in [2.24, 2.45) is 0 Å². The summed E-state index contributed by atoms with van der Waals surface area (Å²) in [6.45, 7) is 0.211. The SMILES string of the molecule is O=S(=O)(c1cccc(C(F)(F)F)c1)N(Cc1cccs1)Cc1cccs1. The molecule has 0 aliphatic carbocycles. The lowest BCUT2D eigenvalue weighted by Gasteiger charge is -2.21. The van der Waals surface area contributed by atoms with Gasteiger partial charge in [-0.1, -0.05) is 18.2 Å². The molecule has 0 atom stereocenters. The molecule has 3 nitrogen and oxygen atoms in total. The summed E-state index contributed by atoms with van der Waals surface area (Å²) in [6, 6.07) is 11.1. The van der Waals surface area contributed by atoms with Gasteiger partial charge in [0.1, 0.15) is 0 Å². The largest absolute Gasteiger partial charge is 0.416 e. The van der Waals surface area contributed by atoms with E-state index in [9.17, 15) is 21.6 Å². The molecular formula is C17H14F3NO2S3. The van der Waals surface area contributed by atoms with Crippen molar-refractivity contribution in [3.63, 3.8) is 0 Å². The van der Waals surface area contributed by atoms with E-state index in [1.54, 1.807) is 24.3 Å². The van der Waals surface area contributed by atoms with Crippen molar-refractivity contribution in [1.82, 2.24) is 4.31 Å². The smallest absolute Gasteiger partial charge is 0.207 e. The minimum atomic E-state index is -4.60. The number of hydrogen-bond acceptors (Lipinski definition) is 4. The summed E-state index contributed by atoms with van der Waals surface area (Å²) in [7, 11) is -4.09. The molecule has 0 radical (unpaired) electrons. The van der Waals surface area contributed by atoms with Gasteiger partial charge in [-0.2, -0.15) is 17.5 Å². The van der Waals surface area contributed by atoms with Crippen LogP contribution in [0.5, 0.6) is 0 Å². The summed E-state index contributed by atoms with van der Waals surface area (Å²) in [6.07, 6.45) is -4.60. The maximum absolute atomic E-state index is 13.0. The Balaban J connectivity index is 1.98. The number of thiophene rings is 2. The molecule has 0 spiro atoms. The van der Waals surface area contributed by atoms with E-state index in [0.717, 1.165) is 21.9 Å². The Morgan fingerprint density at radius 1 is 0.885 bits per heavy atom. The number of benzene rings is 1. The normalized spacial score (nSPS) is 12.6. The maximum Gasteiger partial charge on any atom is 0.416 e. The van der Waals surface area contributed by atoms with Crippen LogP contribution in [0.3, 0.4) is 0 Å². The summed E-state index contributed by atoms with van der Waals surface area (Å²) in [5, 5.41) is 3.66. The first-order valence-corrected chi connectivity index (χ1v) is 10.7. The second kappa shape index (κ2) is 7.51. The van der Waals surface area contributed by atoms with Crippen LogP contribution in [0.4, 0.5) is 13.2 Å². The highest BCUT2D eigenvalue weighted by Crippen LogP contribution is 2.32.